The number of hydrogen-bond acceptors (Lipinski definition) is 4. The van der Waals surface area contributed by atoms with Gasteiger partial charge in [0.25, 0.3) is 0 Å². The summed E-state index contributed by atoms with van der Waals surface area (Å²) in [7, 11) is -0.587. The number of phenols is 1. The minimum absolute atomic E-state index is 0.00514. The zero-order valence-corrected chi connectivity index (χ0v) is 13.1. The summed E-state index contributed by atoms with van der Waals surface area (Å²) in [6, 6.07) is 5.37. The van der Waals surface area contributed by atoms with Crippen LogP contribution in [-0.4, -0.2) is 29.5 Å². The van der Waals surface area contributed by atoms with E-state index in [0.29, 0.717) is 11.2 Å². The van der Waals surface area contributed by atoms with E-state index in [0.717, 1.165) is 0 Å². The predicted octanol–water partition coefficient (Wildman–Crippen LogP) is 2.48. The van der Waals surface area contributed by atoms with Crippen molar-refractivity contribution in [1.29, 1.82) is 0 Å². The summed E-state index contributed by atoms with van der Waals surface area (Å²) in [4.78, 5) is 0. The number of rotatable bonds is 3. The molecule has 0 radical (unpaired) electrons. The van der Waals surface area contributed by atoms with E-state index in [9.17, 15) is 5.11 Å². The molecule has 4 nitrogen and oxygen atoms in total. The van der Waals surface area contributed by atoms with Crippen molar-refractivity contribution in [3.63, 3.8) is 0 Å². The molecule has 20 heavy (non-hydrogen) atoms. The molecule has 1 N–H and O–H groups in total. The summed E-state index contributed by atoms with van der Waals surface area (Å²) in [6.07, 6.45) is -0.00514. The van der Waals surface area contributed by atoms with Gasteiger partial charge >= 0.3 is 7.12 Å². The van der Waals surface area contributed by atoms with Gasteiger partial charge in [0, 0.05) is 5.46 Å². The number of phenolic OH excluding ortho intramolecular Hbond substituents is 1. The molecule has 0 spiro atoms. The molecule has 1 aromatic carbocycles. The molecule has 1 heterocycles. The zero-order valence-electron chi connectivity index (χ0n) is 13.1. The van der Waals surface area contributed by atoms with Crippen molar-refractivity contribution in [1.82, 2.24) is 0 Å². The van der Waals surface area contributed by atoms with Crippen LogP contribution in [0, 0.1) is 0 Å². The molecule has 1 saturated heterocycles. The maximum Gasteiger partial charge on any atom is 0.498 e. The molecule has 1 fully saturated rings. The highest BCUT2D eigenvalue weighted by atomic mass is 16.7. The number of benzene rings is 1. The molecule has 0 aliphatic carbocycles. The maximum atomic E-state index is 10.4. The Bertz CT molecular complexity index is 481. The van der Waals surface area contributed by atoms with Gasteiger partial charge in [0.2, 0.25) is 0 Å². The Morgan fingerprint density at radius 2 is 1.65 bits per heavy atom. The van der Waals surface area contributed by atoms with Crippen LogP contribution in [0.1, 0.15) is 41.5 Å². The molecule has 0 atom stereocenters. The van der Waals surface area contributed by atoms with Crippen LogP contribution < -0.4 is 10.2 Å². The van der Waals surface area contributed by atoms with Crippen molar-refractivity contribution in [3.05, 3.63) is 18.2 Å². The summed E-state index contributed by atoms with van der Waals surface area (Å²) >= 11 is 0. The summed E-state index contributed by atoms with van der Waals surface area (Å²) in [6.45, 7) is 11.8. The molecule has 1 aliphatic heterocycles. The normalized spacial score (nSPS) is 20.4. The second-order valence-electron chi connectivity index (χ2n) is 6.45. The van der Waals surface area contributed by atoms with Gasteiger partial charge in [-0.25, -0.2) is 0 Å². The van der Waals surface area contributed by atoms with E-state index >= 15 is 0 Å². The molecule has 0 saturated carbocycles. The highest BCUT2D eigenvalue weighted by molar-refractivity contribution is 6.63. The minimum Gasteiger partial charge on any atom is -0.505 e. The third-order valence-corrected chi connectivity index (χ3v) is 3.90. The highest BCUT2D eigenvalue weighted by Crippen LogP contribution is 2.38. The van der Waals surface area contributed by atoms with E-state index in [4.69, 9.17) is 14.0 Å². The monoisotopic (exact) mass is 278 g/mol. The summed E-state index contributed by atoms with van der Waals surface area (Å²) in [5.74, 6) is 0.534. The quantitative estimate of drug-likeness (QED) is 0.863. The fraction of sp³-hybridized carbons (Fsp3) is 0.600. The zero-order chi connectivity index (χ0) is 15.1. The Hall–Kier alpha value is -1.20. The second-order valence-corrected chi connectivity index (χ2v) is 6.45. The SMILES string of the molecule is CC(C)Oc1cccc(B2OC(C)(C)C(C)(C)O2)c1O. The summed E-state index contributed by atoms with van der Waals surface area (Å²) < 4.78 is 17.5. The first-order chi connectivity index (χ1) is 9.14. The minimum atomic E-state index is -0.587. The third kappa shape index (κ3) is 2.65. The Balaban J connectivity index is 2.31. The van der Waals surface area contributed by atoms with Crippen molar-refractivity contribution in [2.24, 2.45) is 0 Å². The van der Waals surface area contributed by atoms with Gasteiger partial charge in [-0.1, -0.05) is 12.1 Å². The molecule has 0 amide bonds. The lowest BCUT2D eigenvalue weighted by Crippen LogP contribution is -2.41. The van der Waals surface area contributed by atoms with Gasteiger partial charge in [-0.3, -0.25) is 0 Å². The van der Waals surface area contributed by atoms with Crippen LogP contribution in [0.5, 0.6) is 11.5 Å². The van der Waals surface area contributed by atoms with Crippen molar-refractivity contribution in [2.75, 3.05) is 0 Å². The van der Waals surface area contributed by atoms with Gasteiger partial charge in [0.1, 0.15) is 0 Å². The second kappa shape index (κ2) is 4.97. The smallest absolute Gasteiger partial charge is 0.498 e. The van der Waals surface area contributed by atoms with Gasteiger partial charge in [0.05, 0.1) is 17.3 Å². The molecule has 1 aromatic rings. The Morgan fingerprint density at radius 1 is 1.10 bits per heavy atom. The standard InChI is InChI=1S/C15H23BO4/c1-10(2)18-12-9-7-8-11(13(12)17)16-19-14(3,4)15(5,6)20-16/h7-10,17H,1-6H3. The molecular formula is C15H23BO4. The number of ether oxygens (including phenoxy) is 1. The van der Waals surface area contributed by atoms with E-state index in [2.05, 4.69) is 0 Å². The van der Waals surface area contributed by atoms with E-state index in [1.54, 1.807) is 12.1 Å². The average Bonchev–Trinajstić information content (AvgIpc) is 2.50. The summed E-state index contributed by atoms with van der Waals surface area (Å²) in [5.41, 5.74) is -0.264. The Kier molecular flexibility index (Phi) is 3.78. The fourth-order valence-electron chi connectivity index (χ4n) is 2.05. The Labute approximate surface area is 121 Å². The van der Waals surface area contributed by atoms with E-state index < -0.39 is 18.3 Å². The molecule has 0 bridgehead atoms. The highest BCUT2D eigenvalue weighted by Gasteiger charge is 2.52. The Morgan fingerprint density at radius 3 is 2.15 bits per heavy atom. The van der Waals surface area contributed by atoms with Crippen molar-refractivity contribution in [3.8, 4) is 11.5 Å². The van der Waals surface area contributed by atoms with Crippen molar-refractivity contribution < 1.29 is 19.2 Å². The lowest BCUT2D eigenvalue weighted by molar-refractivity contribution is 0.00578. The third-order valence-electron chi connectivity index (χ3n) is 3.90. The number of hydrogen-bond donors (Lipinski definition) is 1. The first-order valence-electron chi connectivity index (χ1n) is 6.98. The van der Waals surface area contributed by atoms with Gasteiger partial charge < -0.3 is 19.2 Å². The van der Waals surface area contributed by atoms with Crippen LogP contribution in [0.4, 0.5) is 0 Å². The molecule has 1 aliphatic rings. The largest absolute Gasteiger partial charge is 0.505 e. The van der Waals surface area contributed by atoms with E-state index in [1.165, 1.54) is 0 Å². The van der Waals surface area contributed by atoms with Gasteiger partial charge in [0.15, 0.2) is 11.5 Å². The van der Waals surface area contributed by atoms with Crippen LogP contribution in [0.25, 0.3) is 0 Å². The number of para-hydroxylation sites is 1. The van der Waals surface area contributed by atoms with Crippen LogP contribution in [-0.2, 0) is 9.31 Å². The van der Waals surface area contributed by atoms with Gasteiger partial charge in [-0.15, -0.1) is 0 Å². The number of aromatic hydroxyl groups is 1. The molecule has 2 rings (SSSR count). The van der Waals surface area contributed by atoms with Gasteiger partial charge in [-0.05, 0) is 47.6 Å². The average molecular weight is 278 g/mol. The molecular weight excluding hydrogens is 255 g/mol. The predicted molar refractivity (Wildman–Crippen MR) is 79.6 cm³/mol. The van der Waals surface area contributed by atoms with Crippen molar-refractivity contribution in [2.45, 2.75) is 58.8 Å². The first kappa shape index (κ1) is 15.2. The first-order valence-corrected chi connectivity index (χ1v) is 6.98. The molecule has 5 heteroatoms. The van der Waals surface area contributed by atoms with E-state index in [-0.39, 0.29) is 11.9 Å². The summed E-state index contributed by atoms with van der Waals surface area (Å²) in [5, 5.41) is 10.4. The van der Waals surface area contributed by atoms with E-state index in [1.807, 2.05) is 47.6 Å². The lowest BCUT2D eigenvalue weighted by Gasteiger charge is -2.32. The lowest BCUT2D eigenvalue weighted by atomic mass is 9.78. The van der Waals surface area contributed by atoms with Crippen molar-refractivity contribution >= 4 is 12.6 Å². The van der Waals surface area contributed by atoms with Crippen LogP contribution in [0.15, 0.2) is 18.2 Å². The molecule has 110 valence electrons. The van der Waals surface area contributed by atoms with Crippen LogP contribution >= 0.6 is 0 Å². The fourth-order valence-corrected chi connectivity index (χ4v) is 2.05. The van der Waals surface area contributed by atoms with Crippen LogP contribution in [0.3, 0.4) is 0 Å². The maximum absolute atomic E-state index is 10.4. The molecule has 0 unspecified atom stereocenters. The topological polar surface area (TPSA) is 47.9 Å². The van der Waals surface area contributed by atoms with Crippen LogP contribution in [0.2, 0.25) is 0 Å². The molecule has 0 aromatic heterocycles. The van der Waals surface area contributed by atoms with Gasteiger partial charge in [-0.2, -0.15) is 0 Å².